The summed E-state index contributed by atoms with van der Waals surface area (Å²) in [5.74, 6) is 0.679. The van der Waals surface area contributed by atoms with E-state index in [1.807, 2.05) is 18.2 Å². The van der Waals surface area contributed by atoms with Crippen LogP contribution in [0.15, 0.2) is 18.2 Å². The van der Waals surface area contributed by atoms with E-state index in [0.717, 1.165) is 11.1 Å². The normalized spacial score (nSPS) is 23.8. The minimum atomic E-state index is -0.750. The van der Waals surface area contributed by atoms with E-state index in [2.05, 4.69) is 5.32 Å². The number of hydrogen-bond acceptors (Lipinski definition) is 5. The lowest BCUT2D eigenvalue weighted by Crippen LogP contribution is -2.35. The van der Waals surface area contributed by atoms with Gasteiger partial charge in [-0.25, -0.2) is 0 Å². The van der Waals surface area contributed by atoms with Crippen LogP contribution in [0.2, 0.25) is 0 Å². The zero-order valence-electron chi connectivity index (χ0n) is 11.0. The molecule has 1 aromatic rings. The second-order valence-electron chi connectivity index (χ2n) is 4.96. The van der Waals surface area contributed by atoms with Gasteiger partial charge in [0.2, 0.25) is 0 Å². The second kappa shape index (κ2) is 6.34. The maximum Gasteiger partial charge on any atom is 0.123 e. The van der Waals surface area contributed by atoms with Crippen molar-refractivity contribution in [2.45, 2.75) is 31.2 Å². The Bertz CT molecular complexity index is 424. The summed E-state index contributed by atoms with van der Waals surface area (Å²) in [5, 5.41) is 31.9. The maximum atomic E-state index is 9.75. The molecule has 5 heteroatoms. The van der Waals surface area contributed by atoms with Gasteiger partial charge in [0.15, 0.2) is 0 Å². The van der Waals surface area contributed by atoms with Crippen LogP contribution in [0.5, 0.6) is 5.75 Å². The molecule has 0 aliphatic heterocycles. The van der Waals surface area contributed by atoms with Gasteiger partial charge in [-0.3, -0.25) is 0 Å². The molecule has 0 radical (unpaired) electrons. The van der Waals surface area contributed by atoms with Crippen molar-refractivity contribution in [1.29, 1.82) is 0 Å². The van der Waals surface area contributed by atoms with Crippen LogP contribution in [0.25, 0.3) is 0 Å². The molecule has 5 nitrogen and oxygen atoms in total. The van der Waals surface area contributed by atoms with E-state index >= 15 is 0 Å². The highest BCUT2D eigenvalue weighted by Crippen LogP contribution is 2.30. The maximum absolute atomic E-state index is 9.75. The molecule has 106 valence electrons. The van der Waals surface area contributed by atoms with Crippen LogP contribution in [-0.4, -0.2) is 53.8 Å². The quantitative estimate of drug-likeness (QED) is 0.576. The number of fused-ring (bicyclic) bond motifs is 1. The smallest absolute Gasteiger partial charge is 0.123 e. The molecule has 0 saturated carbocycles. The fourth-order valence-electron chi connectivity index (χ4n) is 2.36. The van der Waals surface area contributed by atoms with Gasteiger partial charge >= 0.3 is 0 Å². The van der Waals surface area contributed by atoms with E-state index in [-0.39, 0.29) is 6.61 Å². The molecule has 0 aromatic heterocycles. The molecule has 0 amide bonds. The first-order valence-electron chi connectivity index (χ1n) is 6.54. The van der Waals surface area contributed by atoms with Crippen LogP contribution in [0, 0.1) is 0 Å². The third-order valence-corrected chi connectivity index (χ3v) is 3.39. The Morgan fingerprint density at radius 2 is 2.05 bits per heavy atom. The van der Waals surface area contributed by atoms with Crippen molar-refractivity contribution >= 4 is 0 Å². The molecule has 1 aliphatic carbocycles. The molecular formula is C14H21NO4. The number of aliphatic hydroxyl groups is 3. The predicted octanol–water partition coefficient (Wildman–Crippen LogP) is -0.534. The van der Waals surface area contributed by atoms with Crippen LogP contribution < -0.4 is 10.1 Å². The monoisotopic (exact) mass is 267 g/mol. The standard InChI is InChI=1S/C14H21NO4/c1-15-7-10(16)8-19-14-4-2-3-9-5-12(17)13(18)6-11(9)14/h2-4,10,12-13,15-18H,5-8H2,1H3/t10-,12-,13-/m0/s1. The average molecular weight is 267 g/mol. The van der Waals surface area contributed by atoms with Crippen LogP contribution in [0.3, 0.4) is 0 Å². The van der Waals surface area contributed by atoms with Crippen LogP contribution in [0.1, 0.15) is 11.1 Å². The van der Waals surface area contributed by atoms with Crippen molar-refractivity contribution in [1.82, 2.24) is 5.32 Å². The van der Waals surface area contributed by atoms with Crippen molar-refractivity contribution in [3.05, 3.63) is 29.3 Å². The molecule has 3 atom stereocenters. The summed E-state index contributed by atoms with van der Waals surface area (Å²) in [7, 11) is 1.77. The van der Waals surface area contributed by atoms with E-state index in [1.165, 1.54) is 0 Å². The second-order valence-corrected chi connectivity index (χ2v) is 4.96. The molecule has 0 heterocycles. The van der Waals surface area contributed by atoms with Crippen molar-refractivity contribution in [3.63, 3.8) is 0 Å². The van der Waals surface area contributed by atoms with Crippen LogP contribution in [-0.2, 0) is 12.8 Å². The first-order valence-corrected chi connectivity index (χ1v) is 6.54. The van der Waals surface area contributed by atoms with E-state index in [9.17, 15) is 15.3 Å². The fourth-order valence-corrected chi connectivity index (χ4v) is 2.36. The van der Waals surface area contributed by atoms with Gasteiger partial charge < -0.3 is 25.4 Å². The highest BCUT2D eigenvalue weighted by Gasteiger charge is 2.27. The average Bonchev–Trinajstić information content (AvgIpc) is 2.38. The summed E-state index contributed by atoms with van der Waals surface area (Å²) in [6, 6.07) is 5.62. The molecule has 0 fully saturated rings. The van der Waals surface area contributed by atoms with E-state index in [4.69, 9.17) is 4.74 Å². The third-order valence-electron chi connectivity index (χ3n) is 3.39. The summed E-state index contributed by atoms with van der Waals surface area (Å²) < 4.78 is 5.62. The van der Waals surface area contributed by atoms with Crippen LogP contribution in [0.4, 0.5) is 0 Å². The highest BCUT2D eigenvalue weighted by molar-refractivity contribution is 5.43. The molecule has 1 aliphatic rings. The lowest BCUT2D eigenvalue weighted by atomic mass is 9.87. The van der Waals surface area contributed by atoms with Gasteiger partial charge in [0, 0.05) is 24.9 Å². The zero-order chi connectivity index (χ0) is 13.8. The SMILES string of the molecule is CNC[C@H](O)COc1cccc2c1C[C@H](O)[C@@H](O)C2. The van der Waals surface area contributed by atoms with Crippen molar-refractivity contribution in [2.75, 3.05) is 20.2 Å². The Morgan fingerprint density at radius 3 is 2.79 bits per heavy atom. The Balaban J connectivity index is 2.08. The molecule has 0 bridgehead atoms. The number of benzene rings is 1. The molecular weight excluding hydrogens is 246 g/mol. The Hall–Kier alpha value is -1.14. The number of hydrogen-bond donors (Lipinski definition) is 4. The van der Waals surface area contributed by atoms with Crippen molar-refractivity contribution in [2.24, 2.45) is 0 Å². The van der Waals surface area contributed by atoms with Gasteiger partial charge in [-0.1, -0.05) is 12.1 Å². The summed E-state index contributed by atoms with van der Waals surface area (Å²) in [4.78, 5) is 0. The molecule has 0 unspecified atom stereocenters. The first-order chi connectivity index (χ1) is 9.11. The lowest BCUT2D eigenvalue weighted by Gasteiger charge is -2.27. The number of nitrogens with one attached hydrogen (secondary N) is 1. The third kappa shape index (κ3) is 3.45. The zero-order valence-corrected chi connectivity index (χ0v) is 11.0. The van der Waals surface area contributed by atoms with Gasteiger partial charge in [0.1, 0.15) is 18.5 Å². The summed E-state index contributed by atoms with van der Waals surface area (Å²) in [6.07, 6.45) is -1.21. The molecule has 0 spiro atoms. The van der Waals surface area contributed by atoms with Gasteiger partial charge in [-0.15, -0.1) is 0 Å². The fraction of sp³-hybridized carbons (Fsp3) is 0.571. The molecule has 19 heavy (non-hydrogen) atoms. The predicted molar refractivity (Wildman–Crippen MR) is 71.3 cm³/mol. The molecule has 4 N–H and O–H groups in total. The van der Waals surface area contributed by atoms with E-state index in [0.29, 0.717) is 25.1 Å². The minimum Gasteiger partial charge on any atom is -0.491 e. The highest BCUT2D eigenvalue weighted by atomic mass is 16.5. The summed E-state index contributed by atoms with van der Waals surface area (Å²) in [6.45, 7) is 0.673. The number of rotatable bonds is 5. The van der Waals surface area contributed by atoms with Crippen LogP contribution >= 0.6 is 0 Å². The Kier molecular flexibility index (Phi) is 4.76. The molecule has 1 aromatic carbocycles. The van der Waals surface area contributed by atoms with Gasteiger partial charge in [-0.2, -0.15) is 0 Å². The largest absolute Gasteiger partial charge is 0.491 e. The molecule has 0 saturated heterocycles. The van der Waals surface area contributed by atoms with Gasteiger partial charge in [0.25, 0.3) is 0 Å². The Morgan fingerprint density at radius 1 is 1.32 bits per heavy atom. The minimum absolute atomic E-state index is 0.204. The number of likely N-dealkylation sites (N-methyl/N-ethyl adjacent to an activating group) is 1. The summed E-state index contributed by atoms with van der Waals surface area (Å²) >= 11 is 0. The van der Waals surface area contributed by atoms with Crippen molar-refractivity contribution in [3.8, 4) is 5.75 Å². The topological polar surface area (TPSA) is 82.0 Å². The lowest BCUT2D eigenvalue weighted by molar-refractivity contribution is 0.0132. The van der Waals surface area contributed by atoms with E-state index in [1.54, 1.807) is 7.05 Å². The summed E-state index contributed by atoms with van der Waals surface area (Å²) in [5.41, 5.74) is 1.93. The van der Waals surface area contributed by atoms with Gasteiger partial charge in [0.05, 0.1) is 12.2 Å². The molecule has 2 rings (SSSR count). The van der Waals surface area contributed by atoms with Crippen molar-refractivity contribution < 1.29 is 20.1 Å². The van der Waals surface area contributed by atoms with E-state index < -0.39 is 18.3 Å². The van der Waals surface area contributed by atoms with Gasteiger partial charge in [-0.05, 0) is 18.7 Å². The Labute approximate surface area is 112 Å². The number of ether oxygens (including phenoxy) is 1. The first kappa shape index (κ1) is 14.3. The number of aliphatic hydroxyl groups excluding tert-OH is 3.